The maximum Gasteiger partial charge on any atom is 0.305 e. The Balaban J connectivity index is 0.00000392. The van der Waals surface area contributed by atoms with Gasteiger partial charge in [0.05, 0.1) is 19.8 Å². The first kappa shape index (κ1) is 24.5. The Labute approximate surface area is 183 Å². The molecule has 2 rings (SSSR count). The topological polar surface area (TPSA) is 72.0 Å². The van der Waals surface area contributed by atoms with Gasteiger partial charge < -0.3 is 20.1 Å². The normalized spacial score (nSPS) is 14.6. The van der Waals surface area contributed by atoms with Crippen LogP contribution in [0.5, 0.6) is 5.75 Å². The molecular weight excluding hydrogens is 476 g/mol. The molecule has 1 fully saturated rings. The van der Waals surface area contributed by atoms with Gasteiger partial charge in [-0.1, -0.05) is 6.07 Å². The maximum atomic E-state index is 14.2. The van der Waals surface area contributed by atoms with Crippen LogP contribution in [0.25, 0.3) is 0 Å². The van der Waals surface area contributed by atoms with Crippen molar-refractivity contribution < 1.29 is 18.7 Å². The summed E-state index contributed by atoms with van der Waals surface area (Å²) in [5.74, 6) is 0.998. The van der Waals surface area contributed by atoms with Crippen LogP contribution < -0.4 is 15.4 Å². The highest BCUT2D eigenvalue weighted by molar-refractivity contribution is 14.0. The van der Waals surface area contributed by atoms with Crippen molar-refractivity contribution in [1.29, 1.82) is 0 Å². The molecule has 6 nitrogen and oxygen atoms in total. The summed E-state index contributed by atoms with van der Waals surface area (Å²) in [5, 5.41) is 6.44. The number of methoxy groups -OCH3 is 1. The molecule has 1 aliphatic rings. The van der Waals surface area contributed by atoms with E-state index in [1.807, 2.05) is 13.0 Å². The first-order valence-corrected chi connectivity index (χ1v) is 9.49. The summed E-state index contributed by atoms with van der Waals surface area (Å²) in [6.45, 7) is 3.23. The lowest BCUT2D eigenvalue weighted by atomic mass is 10.1. The minimum absolute atomic E-state index is 0. The Morgan fingerprint density at radius 1 is 1.36 bits per heavy atom. The molecule has 1 aromatic carbocycles. The number of aliphatic imine (C=N–C) groups is 1. The second-order valence-electron chi connectivity index (χ2n) is 6.84. The number of nitrogens with one attached hydrogen (secondary N) is 2. The molecule has 1 aromatic rings. The zero-order valence-electron chi connectivity index (χ0n) is 16.8. The van der Waals surface area contributed by atoms with Gasteiger partial charge in [0, 0.05) is 20.0 Å². The van der Waals surface area contributed by atoms with E-state index in [0.717, 1.165) is 18.4 Å². The summed E-state index contributed by atoms with van der Waals surface area (Å²) in [7, 11) is 3.08. The second-order valence-corrected chi connectivity index (χ2v) is 6.84. The van der Waals surface area contributed by atoms with E-state index in [4.69, 9.17) is 4.74 Å². The van der Waals surface area contributed by atoms with Gasteiger partial charge in [-0.15, -0.1) is 24.0 Å². The van der Waals surface area contributed by atoms with Gasteiger partial charge >= 0.3 is 5.97 Å². The fourth-order valence-electron chi connectivity index (χ4n) is 2.58. The summed E-state index contributed by atoms with van der Waals surface area (Å²) in [6, 6.07) is 4.95. The zero-order chi connectivity index (χ0) is 19.6. The highest BCUT2D eigenvalue weighted by Crippen LogP contribution is 2.30. The first-order valence-electron chi connectivity index (χ1n) is 9.49. The number of esters is 1. The minimum Gasteiger partial charge on any atom is -0.490 e. The Morgan fingerprint density at radius 3 is 2.71 bits per heavy atom. The summed E-state index contributed by atoms with van der Waals surface area (Å²) < 4.78 is 24.4. The summed E-state index contributed by atoms with van der Waals surface area (Å²) in [5.41, 5.74) is 0.819. The van der Waals surface area contributed by atoms with Gasteiger partial charge in [0.2, 0.25) is 0 Å². The number of hydrogen-bond donors (Lipinski definition) is 2. The number of nitrogens with zero attached hydrogens (tertiary/aromatic N) is 1. The van der Waals surface area contributed by atoms with Crippen LogP contribution in [-0.2, 0) is 9.53 Å². The molecule has 0 saturated heterocycles. The van der Waals surface area contributed by atoms with Crippen LogP contribution in [0.15, 0.2) is 23.2 Å². The van der Waals surface area contributed by atoms with Gasteiger partial charge in [-0.2, -0.15) is 0 Å². The van der Waals surface area contributed by atoms with Crippen molar-refractivity contribution in [3.05, 3.63) is 29.6 Å². The number of unbranched alkanes of at least 4 members (excludes halogenated alkanes) is 1. The molecule has 1 unspecified atom stereocenters. The molecule has 28 heavy (non-hydrogen) atoms. The quantitative estimate of drug-likeness (QED) is 0.166. The Bertz CT molecular complexity index is 654. The van der Waals surface area contributed by atoms with Crippen LogP contribution in [0.1, 0.15) is 50.6 Å². The second kappa shape index (κ2) is 12.8. The predicted molar refractivity (Wildman–Crippen MR) is 119 cm³/mol. The largest absolute Gasteiger partial charge is 0.490 e. The first-order chi connectivity index (χ1) is 13.0. The molecule has 8 heteroatoms. The molecule has 158 valence electrons. The van der Waals surface area contributed by atoms with E-state index < -0.39 is 0 Å². The van der Waals surface area contributed by atoms with Crippen LogP contribution in [0.4, 0.5) is 4.39 Å². The van der Waals surface area contributed by atoms with Crippen molar-refractivity contribution in [2.45, 2.75) is 45.1 Å². The molecule has 0 amide bonds. The van der Waals surface area contributed by atoms with Crippen molar-refractivity contribution in [2.24, 2.45) is 10.9 Å². The van der Waals surface area contributed by atoms with E-state index in [0.29, 0.717) is 37.2 Å². The van der Waals surface area contributed by atoms with E-state index in [1.54, 1.807) is 13.1 Å². The molecule has 0 aliphatic heterocycles. The standard InChI is InChI=1S/C20H30FN3O3.HI/c1-14(24-20(22-2)23-11-5-4-6-19(25)26-3)16-9-10-18(17(21)12-16)27-13-15-7-8-15;/h9-10,12,14-15H,4-8,11,13H2,1-3H3,(H2,22,23,24);1H. The van der Waals surface area contributed by atoms with Gasteiger partial charge in [-0.05, 0) is 56.2 Å². The highest BCUT2D eigenvalue weighted by Gasteiger charge is 2.22. The lowest BCUT2D eigenvalue weighted by Crippen LogP contribution is -2.39. The molecule has 1 atom stereocenters. The van der Waals surface area contributed by atoms with Crippen molar-refractivity contribution in [3.63, 3.8) is 0 Å². The van der Waals surface area contributed by atoms with Crippen LogP contribution in [0.2, 0.25) is 0 Å². The maximum absolute atomic E-state index is 14.2. The third kappa shape index (κ3) is 8.62. The summed E-state index contributed by atoms with van der Waals surface area (Å²) >= 11 is 0. The Morgan fingerprint density at radius 2 is 2.11 bits per heavy atom. The average molecular weight is 507 g/mol. The van der Waals surface area contributed by atoms with Crippen molar-refractivity contribution in [1.82, 2.24) is 10.6 Å². The number of rotatable bonds is 10. The molecule has 1 aliphatic carbocycles. The molecule has 2 N–H and O–H groups in total. The van der Waals surface area contributed by atoms with Gasteiger partial charge in [0.1, 0.15) is 0 Å². The summed E-state index contributed by atoms with van der Waals surface area (Å²) in [4.78, 5) is 15.3. The number of halogens is 2. The number of hydrogen-bond acceptors (Lipinski definition) is 4. The number of ether oxygens (including phenoxy) is 2. The number of guanidine groups is 1. The van der Waals surface area contributed by atoms with Crippen LogP contribution >= 0.6 is 24.0 Å². The average Bonchev–Trinajstić information content (AvgIpc) is 3.49. The van der Waals surface area contributed by atoms with E-state index in [2.05, 4.69) is 20.4 Å². The van der Waals surface area contributed by atoms with Gasteiger partial charge in [-0.25, -0.2) is 4.39 Å². The van der Waals surface area contributed by atoms with Gasteiger partial charge in [-0.3, -0.25) is 9.79 Å². The molecule has 0 heterocycles. The van der Waals surface area contributed by atoms with Crippen LogP contribution in [-0.4, -0.2) is 39.2 Å². The molecule has 0 aromatic heterocycles. The number of benzene rings is 1. The van der Waals surface area contributed by atoms with E-state index in [-0.39, 0.29) is 41.8 Å². The lowest BCUT2D eigenvalue weighted by molar-refractivity contribution is -0.140. The van der Waals surface area contributed by atoms with Gasteiger partial charge in [0.25, 0.3) is 0 Å². The van der Waals surface area contributed by atoms with Crippen molar-refractivity contribution >= 4 is 35.9 Å². The smallest absolute Gasteiger partial charge is 0.305 e. The molecule has 1 saturated carbocycles. The van der Waals surface area contributed by atoms with E-state index in [1.165, 1.54) is 26.0 Å². The SMILES string of the molecule is CN=C(NCCCCC(=O)OC)NC(C)c1ccc(OCC2CC2)c(F)c1.I. The van der Waals surface area contributed by atoms with Gasteiger partial charge in [0.15, 0.2) is 17.5 Å². The fourth-order valence-corrected chi connectivity index (χ4v) is 2.58. The fraction of sp³-hybridized carbons (Fsp3) is 0.600. The third-order valence-electron chi connectivity index (χ3n) is 4.53. The minimum atomic E-state index is -0.340. The molecule has 0 radical (unpaired) electrons. The van der Waals surface area contributed by atoms with E-state index in [9.17, 15) is 9.18 Å². The van der Waals surface area contributed by atoms with Crippen molar-refractivity contribution in [2.75, 3.05) is 27.3 Å². The summed E-state index contributed by atoms with van der Waals surface area (Å²) in [6.07, 6.45) is 4.34. The lowest BCUT2D eigenvalue weighted by Gasteiger charge is -2.19. The molecule has 0 spiro atoms. The zero-order valence-corrected chi connectivity index (χ0v) is 19.1. The van der Waals surface area contributed by atoms with E-state index >= 15 is 0 Å². The highest BCUT2D eigenvalue weighted by atomic mass is 127. The number of carbonyl (C=O) groups is 1. The Hall–Kier alpha value is -1.58. The van der Waals surface area contributed by atoms with Crippen LogP contribution in [0, 0.1) is 11.7 Å². The number of carbonyl (C=O) groups excluding carboxylic acids is 1. The third-order valence-corrected chi connectivity index (χ3v) is 4.53. The molecular formula is C20H31FIN3O3. The monoisotopic (exact) mass is 507 g/mol. The predicted octanol–water partition coefficient (Wildman–Crippen LogP) is 3.80. The van der Waals surface area contributed by atoms with Crippen LogP contribution in [0.3, 0.4) is 0 Å². The van der Waals surface area contributed by atoms with Crippen molar-refractivity contribution in [3.8, 4) is 5.75 Å². The molecule has 0 bridgehead atoms. The Kier molecular flexibility index (Phi) is 11.2.